The van der Waals surface area contributed by atoms with Gasteiger partial charge in [-0.3, -0.25) is 0 Å². The predicted octanol–water partition coefficient (Wildman–Crippen LogP) is 17.2. The van der Waals surface area contributed by atoms with E-state index in [1.165, 1.54) is 104 Å². The number of furan rings is 1. The largest absolute Gasteiger partial charge is 0.456 e. The second-order valence-corrected chi connectivity index (χ2v) is 16.3. The van der Waals surface area contributed by atoms with E-state index < -0.39 is 0 Å². The van der Waals surface area contributed by atoms with Gasteiger partial charge in [0.2, 0.25) is 0 Å². The van der Waals surface area contributed by atoms with Crippen molar-refractivity contribution in [2.45, 2.75) is 0 Å². The van der Waals surface area contributed by atoms with E-state index in [1.807, 2.05) is 0 Å². The fourth-order valence-corrected chi connectivity index (χ4v) is 10.3. The van der Waals surface area contributed by atoms with Gasteiger partial charge in [-0.2, -0.15) is 0 Å². The number of hydrogen-bond acceptors (Lipinski definition) is 1. The van der Waals surface area contributed by atoms with Crippen molar-refractivity contribution in [3.05, 3.63) is 218 Å². The summed E-state index contributed by atoms with van der Waals surface area (Å²) in [4.78, 5) is 0. The number of benzene rings is 12. The molecule has 1 nitrogen and oxygen atoms in total. The molecule has 0 aliphatic rings. The highest BCUT2D eigenvalue weighted by Crippen LogP contribution is 2.47. The molecule has 0 saturated carbocycles. The Balaban J connectivity index is 0.992. The van der Waals surface area contributed by atoms with E-state index in [1.54, 1.807) is 0 Å². The maximum absolute atomic E-state index is 6.75. The molecule has 282 valence electrons. The summed E-state index contributed by atoms with van der Waals surface area (Å²) >= 11 is 0. The third-order valence-electron chi connectivity index (χ3n) is 13.0. The Bertz CT molecular complexity index is 3830. The van der Waals surface area contributed by atoms with Crippen LogP contribution in [0.25, 0.3) is 131 Å². The standard InChI is InChI=1S/C60H36O/c1-3-15-39-33-41(27-25-37(39)13-1)57-46-17-5-9-21-50(46)59(51-22-10-6-18-47(51)57)43-30-32-55-54(35-43)45-31-29-44(36-56(45)61-55)60-52-23-11-7-19-48(52)58(49-20-8-12-24-53(49)60)42-28-26-38-14-2-4-16-40(38)34-42/h1-36H. The number of fused-ring (bicyclic) bond motifs is 9. The third-order valence-corrected chi connectivity index (χ3v) is 13.0. The van der Waals surface area contributed by atoms with Gasteiger partial charge in [0.1, 0.15) is 11.2 Å². The Morgan fingerprint density at radius 1 is 0.197 bits per heavy atom. The lowest BCUT2D eigenvalue weighted by Gasteiger charge is -2.18. The van der Waals surface area contributed by atoms with Gasteiger partial charge in [-0.15, -0.1) is 0 Å². The fourth-order valence-electron chi connectivity index (χ4n) is 10.3. The van der Waals surface area contributed by atoms with Gasteiger partial charge in [-0.1, -0.05) is 182 Å². The minimum absolute atomic E-state index is 0.887. The van der Waals surface area contributed by atoms with Crippen LogP contribution in [-0.2, 0) is 0 Å². The fraction of sp³-hybridized carbons (Fsp3) is 0. The van der Waals surface area contributed by atoms with Crippen LogP contribution >= 0.6 is 0 Å². The second kappa shape index (κ2) is 13.3. The molecule has 61 heavy (non-hydrogen) atoms. The molecule has 0 aliphatic carbocycles. The van der Waals surface area contributed by atoms with Crippen molar-refractivity contribution in [2.75, 3.05) is 0 Å². The maximum Gasteiger partial charge on any atom is 0.136 e. The molecule has 0 radical (unpaired) electrons. The highest BCUT2D eigenvalue weighted by Gasteiger charge is 2.20. The summed E-state index contributed by atoms with van der Waals surface area (Å²) < 4.78 is 6.75. The monoisotopic (exact) mass is 772 g/mol. The molecule has 0 aliphatic heterocycles. The van der Waals surface area contributed by atoms with Gasteiger partial charge in [-0.05, 0) is 146 Å². The van der Waals surface area contributed by atoms with Crippen molar-refractivity contribution in [2.24, 2.45) is 0 Å². The van der Waals surface area contributed by atoms with Crippen LogP contribution in [0.1, 0.15) is 0 Å². The zero-order valence-electron chi connectivity index (χ0n) is 33.2. The zero-order chi connectivity index (χ0) is 40.0. The van der Waals surface area contributed by atoms with Crippen molar-refractivity contribution in [1.29, 1.82) is 0 Å². The van der Waals surface area contributed by atoms with Gasteiger partial charge in [-0.25, -0.2) is 0 Å². The smallest absolute Gasteiger partial charge is 0.136 e. The first kappa shape index (κ1) is 33.9. The molecule has 0 fully saturated rings. The van der Waals surface area contributed by atoms with E-state index in [-0.39, 0.29) is 0 Å². The molecule has 13 rings (SSSR count). The summed E-state index contributed by atoms with van der Waals surface area (Å²) in [5.41, 5.74) is 11.6. The quantitative estimate of drug-likeness (QED) is 0.162. The lowest BCUT2D eigenvalue weighted by molar-refractivity contribution is 0.669. The average Bonchev–Trinajstić information content (AvgIpc) is 3.69. The Morgan fingerprint density at radius 2 is 0.525 bits per heavy atom. The predicted molar refractivity (Wildman–Crippen MR) is 260 cm³/mol. The lowest BCUT2D eigenvalue weighted by atomic mass is 9.85. The molecule has 0 spiro atoms. The normalized spacial score (nSPS) is 11.9. The zero-order valence-corrected chi connectivity index (χ0v) is 33.2. The molecule has 0 amide bonds. The van der Waals surface area contributed by atoms with Gasteiger partial charge in [0.25, 0.3) is 0 Å². The van der Waals surface area contributed by atoms with Crippen molar-refractivity contribution in [3.8, 4) is 44.5 Å². The van der Waals surface area contributed by atoms with Crippen LogP contribution in [-0.4, -0.2) is 0 Å². The topological polar surface area (TPSA) is 13.1 Å². The number of rotatable bonds is 4. The summed E-state index contributed by atoms with van der Waals surface area (Å²) in [6.07, 6.45) is 0. The summed E-state index contributed by atoms with van der Waals surface area (Å²) in [6, 6.07) is 80.0. The van der Waals surface area contributed by atoms with Crippen molar-refractivity contribution >= 4 is 86.6 Å². The highest BCUT2D eigenvalue weighted by molar-refractivity contribution is 6.24. The Morgan fingerprint density at radius 3 is 0.951 bits per heavy atom. The molecule has 12 aromatic carbocycles. The Hall–Kier alpha value is -8.00. The molecular weight excluding hydrogens is 737 g/mol. The molecule has 0 saturated heterocycles. The Labute approximate surface area is 352 Å². The average molecular weight is 773 g/mol. The third kappa shape index (κ3) is 5.21. The first-order chi connectivity index (χ1) is 30.2. The van der Waals surface area contributed by atoms with Crippen molar-refractivity contribution < 1.29 is 4.42 Å². The van der Waals surface area contributed by atoms with Crippen LogP contribution in [0, 0.1) is 0 Å². The molecule has 0 bridgehead atoms. The van der Waals surface area contributed by atoms with Crippen molar-refractivity contribution in [3.63, 3.8) is 0 Å². The van der Waals surface area contributed by atoms with E-state index in [2.05, 4.69) is 218 Å². The summed E-state index contributed by atoms with van der Waals surface area (Å²) in [5, 5.41) is 17.1. The van der Waals surface area contributed by atoms with Crippen LogP contribution in [0.3, 0.4) is 0 Å². The SMILES string of the molecule is c1ccc2cc(-c3c4ccccc4c(-c4ccc5c(c4)oc4ccc(-c6c7ccccc7c(-c7ccc8ccccc8c7)c7ccccc67)cc45)c4ccccc34)ccc2c1. The van der Waals surface area contributed by atoms with Gasteiger partial charge >= 0.3 is 0 Å². The van der Waals surface area contributed by atoms with Crippen molar-refractivity contribution in [1.82, 2.24) is 0 Å². The van der Waals surface area contributed by atoms with E-state index in [9.17, 15) is 0 Å². The molecule has 0 atom stereocenters. The van der Waals surface area contributed by atoms with Crippen LogP contribution in [0.15, 0.2) is 223 Å². The minimum Gasteiger partial charge on any atom is -0.456 e. The van der Waals surface area contributed by atoms with Crippen LogP contribution in [0.4, 0.5) is 0 Å². The highest BCUT2D eigenvalue weighted by atomic mass is 16.3. The van der Waals surface area contributed by atoms with Crippen LogP contribution < -0.4 is 0 Å². The van der Waals surface area contributed by atoms with E-state index in [0.29, 0.717) is 0 Å². The van der Waals surface area contributed by atoms with Crippen LogP contribution in [0.2, 0.25) is 0 Å². The molecule has 1 heterocycles. The van der Waals surface area contributed by atoms with Gasteiger partial charge in [0.15, 0.2) is 0 Å². The van der Waals surface area contributed by atoms with Gasteiger partial charge in [0.05, 0.1) is 0 Å². The molecule has 0 N–H and O–H groups in total. The summed E-state index contributed by atoms with van der Waals surface area (Å²) in [7, 11) is 0. The molecular formula is C60H36O. The van der Waals surface area contributed by atoms with Gasteiger partial charge < -0.3 is 4.42 Å². The molecule has 1 heteroatoms. The van der Waals surface area contributed by atoms with Crippen LogP contribution in [0.5, 0.6) is 0 Å². The maximum atomic E-state index is 6.75. The van der Waals surface area contributed by atoms with Gasteiger partial charge in [0, 0.05) is 10.8 Å². The second-order valence-electron chi connectivity index (χ2n) is 16.3. The lowest BCUT2D eigenvalue weighted by Crippen LogP contribution is -1.91. The van der Waals surface area contributed by atoms with E-state index >= 15 is 0 Å². The minimum atomic E-state index is 0.887. The van der Waals surface area contributed by atoms with E-state index in [0.717, 1.165) is 27.5 Å². The first-order valence-corrected chi connectivity index (χ1v) is 21.1. The van der Waals surface area contributed by atoms with E-state index in [4.69, 9.17) is 4.42 Å². The molecule has 0 unspecified atom stereocenters. The molecule has 1 aromatic heterocycles. The number of hydrogen-bond donors (Lipinski definition) is 0. The first-order valence-electron chi connectivity index (χ1n) is 21.1. The summed E-state index contributed by atoms with van der Waals surface area (Å²) in [5.74, 6) is 0. The summed E-state index contributed by atoms with van der Waals surface area (Å²) in [6.45, 7) is 0. The Kier molecular flexibility index (Phi) is 7.37. The molecule has 13 aromatic rings.